The molecule has 0 saturated carbocycles. The molecule has 0 amide bonds. The number of ether oxygens (including phenoxy) is 1. The summed E-state index contributed by atoms with van der Waals surface area (Å²) in [4.78, 5) is 2.63. The van der Waals surface area contributed by atoms with Crippen molar-refractivity contribution in [1.82, 2.24) is 9.13 Å². The van der Waals surface area contributed by atoms with Crippen LogP contribution in [0.5, 0.6) is 11.5 Å². The predicted molar refractivity (Wildman–Crippen MR) is 291 cm³/mol. The first-order valence-corrected chi connectivity index (χ1v) is 25.0. The molecule has 6 heteroatoms. The summed E-state index contributed by atoms with van der Waals surface area (Å²) >= 11 is 1.91. The van der Waals surface area contributed by atoms with Gasteiger partial charge >= 0.3 is 0 Å². The molecule has 9 aromatic carbocycles. The van der Waals surface area contributed by atoms with Gasteiger partial charge in [0.05, 0.1) is 22.1 Å². The van der Waals surface area contributed by atoms with Crippen molar-refractivity contribution in [2.75, 3.05) is 4.90 Å². The first-order chi connectivity index (χ1) is 33.3. The molecule has 5 heterocycles. The third-order valence-corrected chi connectivity index (χ3v) is 16.1. The molecule has 4 nitrogen and oxygen atoms in total. The van der Waals surface area contributed by atoms with Crippen LogP contribution in [0.1, 0.15) is 51.7 Å². The third kappa shape index (κ3) is 5.67. The Morgan fingerprint density at radius 1 is 0.500 bits per heavy atom. The standard InChI is InChI=1S/C62H48BN3OS/c1-5-6-17-45-53(32-33-59-60(45)46-22-11-16-27-58(46)68-59)66-54-36-39(64-49-23-12-7-18-41(49)42-19-8-13-24-50(42)64)28-30-47(54)63-48-31-29-40(65-51-25-14-9-20-43(51)44-21-10-15-26-52(44)65)37-56(48)67-57-35-38(62(2,3)4)34-55(66)61(57)63/h7-16,18-37H,5-6,17H2,1-4H3. The number of fused-ring (bicyclic) bond motifs is 13. The van der Waals surface area contributed by atoms with Crippen molar-refractivity contribution in [2.24, 2.45) is 0 Å². The molecule has 0 fully saturated rings. The van der Waals surface area contributed by atoms with Gasteiger partial charge in [0.2, 0.25) is 0 Å². The van der Waals surface area contributed by atoms with Crippen molar-refractivity contribution in [3.05, 3.63) is 193 Å². The summed E-state index contributed by atoms with van der Waals surface area (Å²) in [6, 6.07) is 68.1. The van der Waals surface area contributed by atoms with Gasteiger partial charge in [-0.05, 0) is 119 Å². The zero-order chi connectivity index (χ0) is 45.4. The van der Waals surface area contributed by atoms with E-state index in [1.165, 1.54) is 108 Å². The van der Waals surface area contributed by atoms with Crippen molar-refractivity contribution in [2.45, 2.75) is 52.4 Å². The van der Waals surface area contributed by atoms with E-state index in [9.17, 15) is 0 Å². The highest BCUT2D eigenvalue weighted by Gasteiger charge is 2.43. The Hall–Kier alpha value is -7.54. The van der Waals surface area contributed by atoms with Crippen molar-refractivity contribution < 1.29 is 4.74 Å². The minimum atomic E-state index is -0.148. The van der Waals surface area contributed by atoms with Crippen LogP contribution in [0.25, 0.3) is 75.2 Å². The highest BCUT2D eigenvalue weighted by atomic mass is 32.1. The molecule has 2 aliphatic heterocycles. The van der Waals surface area contributed by atoms with Crippen LogP contribution < -0.4 is 26.0 Å². The van der Waals surface area contributed by atoms with E-state index in [2.05, 4.69) is 224 Å². The van der Waals surface area contributed by atoms with E-state index in [0.29, 0.717) is 0 Å². The summed E-state index contributed by atoms with van der Waals surface area (Å²) in [5.41, 5.74) is 16.9. The van der Waals surface area contributed by atoms with Gasteiger partial charge < -0.3 is 18.8 Å². The van der Waals surface area contributed by atoms with E-state index in [1.54, 1.807) is 0 Å². The molecular formula is C62H48BN3OS. The van der Waals surface area contributed by atoms with E-state index in [1.807, 2.05) is 11.3 Å². The number of nitrogens with zero attached hydrogens (tertiary/aromatic N) is 3. The maximum atomic E-state index is 7.37. The lowest BCUT2D eigenvalue weighted by Crippen LogP contribution is -2.59. The van der Waals surface area contributed by atoms with Crippen LogP contribution in [0.4, 0.5) is 17.1 Å². The fourth-order valence-electron chi connectivity index (χ4n) is 11.8. The largest absolute Gasteiger partial charge is 0.458 e. The Kier molecular flexibility index (Phi) is 8.58. The lowest BCUT2D eigenvalue weighted by Gasteiger charge is -2.42. The van der Waals surface area contributed by atoms with Crippen molar-refractivity contribution >= 4 is 115 Å². The highest BCUT2D eigenvalue weighted by Crippen LogP contribution is 2.49. The number of aromatic nitrogens is 2. The molecule has 0 aliphatic carbocycles. The van der Waals surface area contributed by atoms with Crippen molar-refractivity contribution in [3.8, 4) is 22.9 Å². The van der Waals surface area contributed by atoms with Crippen LogP contribution in [0.2, 0.25) is 0 Å². The lowest BCUT2D eigenvalue weighted by molar-refractivity contribution is 0.483. The van der Waals surface area contributed by atoms with Gasteiger partial charge in [-0.1, -0.05) is 137 Å². The van der Waals surface area contributed by atoms with Crippen LogP contribution in [0, 0.1) is 0 Å². The molecule has 326 valence electrons. The fourth-order valence-corrected chi connectivity index (χ4v) is 12.9. The maximum Gasteiger partial charge on any atom is 0.256 e. The highest BCUT2D eigenvalue weighted by molar-refractivity contribution is 7.25. The second kappa shape index (κ2) is 14.7. The number of thiophene rings is 1. The first-order valence-electron chi connectivity index (χ1n) is 24.2. The zero-order valence-electron chi connectivity index (χ0n) is 38.7. The molecule has 2 aliphatic rings. The van der Waals surface area contributed by atoms with Gasteiger partial charge in [-0.25, -0.2) is 0 Å². The molecule has 0 bridgehead atoms. The topological polar surface area (TPSA) is 22.3 Å². The second-order valence-corrected chi connectivity index (χ2v) is 21.0. The predicted octanol–water partition coefficient (Wildman–Crippen LogP) is 15.3. The minimum Gasteiger partial charge on any atom is -0.458 e. The molecule has 0 N–H and O–H groups in total. The molecule has 0 unspecified atom stereocenters. The molecule has 0 radical (unpaired) electrons. The van der Waals surface area contributed by atoms with Crippen LogP contribution >= 0.6 is 11.3 Å². The van der Waals surface area contributed by atoms with E-state index in [0.717, 1.165) is 42.1 Å². The van der Waals surface area contributed by atoms with Crippen LogP contribution in [-0.4, -0.2) is 15.8 Å². The quantitative estimate of drug-likeness (QED) is 0.155. The average Bonchev–Trinajstić information content (AvgIpc) is 4.03. The van der Waals surface area contributed by atoms with Gasteiger partial charge in [0.15, 0.2) is 0 Å². The van der Waals surface area contributed by atoms with E-state index in [4.69, 9.17) is 4.74 Å². The summed E-state index contributed by atoms with van der Waals surface area (Å²) in [6.07, 6.45) is 3.20. The van der Waals surface area contributed by atoms with Gasteiger partial charge in [0.1, 0.15) is 11.5 Å². The third-order valence-electron chi connectivity index (χ3n) is 14.9. The SMILES string of the molecule is CCCCc1c(N2c3cc(-n4c5ccccc5c5ccccc54)ccc3B3c4ccc(-n5c6ccccc6c6ccccc65)cc4Oc4cc(C(C)(C)C)cc2c43)ccc2sc3ccccc3c12. The summed E-state index contributed by atoms with van der Waals surface area (Å²) < 4.78 is 14.9. The van der Waals surface area contributed by atoms with Gasteiger partial charge in [-0.3, -0.25) is 0 Å². The number of benzene rings is 9. The average molecular weight is 894 g/mol. The van der Waals surface area contributed by atoms with Crippen LogP contribution in [0.3, 0.4) is 0 Å². The van der Waals surface area contributed by atoms with E-state index in [-0.39, 0.29) is 12.1 Å². The Bertz CT molecular complexity index is 3960. The van der Waals surface area contributed by atoms with Crippen molar-refractivity contribution in [1.29, 1.82) is 0 Å². The Balaban J connectivity index is 1.07. The van der Waals surface area contributed by atoms with Gasteiger partial charge in [-0.15, -0.1) is 11.3 Å². The summed E-state index contributed by atoms with van der Waals surface area (Å²) in [7, 11) is 0. The normalized spacial score (nSPS) is 13.2. The molecular weight excluding hydrogens is 846 g/mol. The maximum absolute atomic E-state index is 7.37. The summed E-state index contributed by atoms with van der Waals surface area (Å²) in [6.45, 7) is 9.23. The molecule has 0 atom stereocenters. The zero-order valence-corrected chi connectivity index (χ0v) is 39.5. The Morgan fingerprint density at radius 3 is 1.66 bits per heavy atom. The number of unbranched alkanes of at least 4 members (excludes halogenated alkanes) is 1. The minimum absolute atomic E-state index is 0.0618. The van der Waals surface area contributed by atoms with Gasteiger partial charge in [0, 0.05) is 76.2 Å². The number of anilines is 3. The Labute approximate surface area is 400 Å². The van der Waals surface area contributed by atoms with Crippen LogP contribution in [-0.2, 0) is 11.8 Å². The molecule has 14 rings (SSSR count). The monoisotopic (exact) mass is 893 g/mol. The van der Waals surface area contributed by atoms with Gasteiger partial charge in [-0.2, -0.15) is 0 Å². The fraction of sp³-hybridized carbons (Fsp3) is 0.129. The van der Waals surface area contributed by atoms with E-state index < -0.39 is 0 Å². The van der Waals surface area contributed by atoms with E-state index >= 15 is 0 Å². The molecule has 68 heavy (non-hydrogen) atoms. The summed E-state index contributed by atoms with van der Waals surface area (Å²) in [5, 5.41) is 7.75. The van der Waals surface area contributed by atoms with Gasteiger partial charge in [0.25, 0.3) is 6.71 Å². The first kappa shape index (κ1) is 39.6. The smallest absolute Gasteiger partial charge is 0.256 e. The molecule has 0 spiro atoms. The molecule has 3 aromatic heterocycles. The number of aryl methyl sites for hydroxylation is 1. The second-order valence-electron chi connectivity index (χ2n) is 19.9. The number of hydrogen-bond donors (Lipinski definition) is 0. The number of rotatable bonds is 6. The number of hydrogen-bond acceptors (Lipinski definition) is 3. The summed E-state index contributed by atoms with van der Waals surface area (Å²) in [5.74, 6) is 1.84. The van der Waals surface area contributed by atoms with Crippen LogP contribution in [0.15, 0.2) is 182 Å². The molecule has 0 saturated heterocycles. The Morgan fingerprint density at radius 2 is 1.06 bits per heavy atom. The van der Waals surface area contributed by atoms with Crippen molar-refractivity contribution in [3.63, 3.8) is 0 Å². The lowest BCUT2D eigenvalue weighted by atomic mass is 9.34. The number of para-hydroxylation sites is 4. The molecule has 12 aromatic rings.